The van der Waals surface area contributed by atoms with Crippen molar-refractivity contribution in [1.29, 1.82) is 0 Å². The van der Waals surface area contributed by atoms with E-state index in [0.717, 1.165) is 18.7 Å². The average Bonchev–Trinajstić information content (AvgIpc) is 2.29. The van der Waals surface area contributed by atoms with Gasteiger partial charge in [-0.1, -0.05) is 19.1 Å². The normalized spacial score (nSPS) is 24.7. The zero-order valence-electron chi connectivity index (χ0n) is 9.49. The summed E-state index contributed by atoms with van der Waals surface area (Å²) < 4.78 is 5.40. The molecule has 2 unspecified atom stereocenters. The number of hydrogen-bond donors (Lipinski definition) is 1. The number of ether oxygens (including phenoxy) is 1. The maximum Gasteiger partial charge on any atom is 0.122 e. The van der Waals surface area contributed by atoms with Crippen LogP contribution in [0.15, 0.2) is 18.2 Å². The first-order chi connectivity index (χ1) is 7.27. The van der Waals surface area contributed by atoms with Gasteiger partial charge in [-0.15, -0.1) is 0 Å². The Labute approximate surface area is 91.4 Å². The highest BCUT2D eigenvalue weighted by Gasteiger charge is 2.26. The third kappa shape index (κ3) is 1.74. The Morgan fingerprint density at radius 3 is 2.93 bits per heavy atom. The molecule has 0 saturated carbocycles. The van der Waals surface area contributed by atoms with Gasteiger partial charge in [0.1, 0.15) is 5.75 Å². The van der Waals surface area contributed by atoms with Gasteiger partial charge in [0.05, 0.1) is 7.11 Å². The minimum atomic E-state index is 0.564. The predicted molar refractivity (Wildman–Crippen MR) is 62.3 cm³/mol. The molecule has 82 valence electrons. The second-order valence-corrected chi connectivity index (χ2v) is 4.35. The summed E-state index contributed by atoms with van der Waals surface area (Å²) >= 11 is 0. The maximum absolute atomic E-state index is 5.79. The molecule has 15 heavy (non-hydrogen) atoms. The lowest BCUT2D eigenvalue weighted by molar-refractivity contribution is 0.374. The Hall–Kier alpha value is -1.02. The zero-order chi connectivity index (χ0) is 10.8. The van der Waals surface area contributed by atoms with E-state index >= 15 is 0 Å². The van der Waals surface area contributed by atoms with Gasteiger partial charge in [0.2, 0.25) is 0 Å². The molecular formula is C13H19NO. The van der Waals surface area contributed by atoms with Gasteiger partial charge in [-0.05, 0) is 48.4 Å². The molecule has 0 radical (unpaired) electrons. The van der Waals surface area contributed by atoms with E-state index in [0.29, 0.717) is 11.8 Å². The Kier molecular flexibility index (Phi) is 2.96. The Morgan fingerprint density at radius 2 is 2.27 bits per heavy atom. The molecule has 2 atom stereocenters. The summed E-state index contributed by atoms with van der Waals surface area (Å²) in [6.07, 6.45) is 2.29. The van der Waals surface area contributed by atoms with Crippen LogP contribution in [0.4, 0.5) is 0 Å². The average molecular weight is 205 g/mol. The van der Waals surface area contributed by atoms with Crippen molar-refractivity contribution in [3.8, 4) is 5.75 Å². The summed E-state index contributed by atoms with van der Waals surface area (Å²) in [4.78, 5) is 0. The molecule has 0 aromatic heterocycles. The first-order valence-corrected chi connectivity index (χ1v) is 5.63. The van der Waals surface area contributed by atoms with Gasteiger partial charge < -0.3 is 10.5 Å². The minimum Gasteiger partial charge on any atom is -0.496 e. The van der Waals surface area contributed by atoms with E-state index in [9.17, 15) is 0 Å². The number of rotatable bonds is 2. The minimum absolute atomic E-state index is 0.564. The molecule has 0 spiro atoms. The third-order valence-corrected chi connectivity index (χ3v) is 3.65. The van der Waals surface area contributed by atoms with Gasteiger partial charge in [0, 0.05) is 0 Å². The van der Waals surface area contributed by atoms with Crippen molar-refractivity contribution in [1.82, 2.24) is 0 Å². The standard InChI is InChI=1S/C13H19NO/c1-9-10(8-14)6-7-12-11(9)4-3-5-13(12)15-2/h3-5,9-10H,6-8,14H2,1-2H3. The number of fused-ring (bicyclic) bond motifs is 1. The largest absolute Gasteiger partial charge is 0.496 e. The van der Waals surface area contributed by atoms with E-state index < -0.39 is 0 Å². The van der Waals surface area contributed by atoms with Gasteiger partial charge in [0.15, 0.2) is 0 Å². The molecule has 1 aliphatic carbocycles. The molecule has 0 fully saturated rings. The lowest BCUT2D eigenvalue weighted by atomic mass is 9.76. The van der Waals surface area contributed by atoms with E-state index in [-0.39, 0.29) is 0 Å². The second-order valence-electron chi connectivity index (χ2n) is 4.35. The van der Waals surface area contributed by atoms with Crippen LogP contribution < -0.4 is 10.5 Å². The molecule has 0 amide bonds. The fourth-order valence-corrected chi connectivity index (χ4v) is 2.62. The number of hydrogen-bond acceptors (Lipinski definition) is 2. The molecule has 2 nitrogen and oxygen atoms in total. The lowest BCUT2D eigenvalue weighted by Gasteiger charge is -2.31. The SMILES string of the molecule is COc1cccc2c1CCC(CN)C2C. The van der Waals surface area contributed by atoms with Gasteiger partial charge in [0.25, 0.3) is 0 Å². The number of benzene rings is 1. The summed E-state index contributed by atoms with van der Waals surface area (Å²) in [5.74, 6) is 2.23. The zero-order valence-corrected chi connectivity index (χ0v) is 9.49. The fourth-order valence-electron chi connectivity index (χ4n) is 2.62. The van der Waals surface area contributed by atoms with Crippen LogP contribution in [0.25, 0.3) is 0 Å². The van der Waals surface area contributed by atoms with Crippen LogP contribution in [0.1, 0.15) is 30.4 Å². The summed E-state index contributed by atoms with van der Waals surface area (Å²) in [5, 5.41) is 0. The highest BCUT2D eigenvalue weighted by atomic mass is 16.5. The van der Waals surface area contributed by atoms with E-state index in [1.807, 2.05) is 6.07 Å². The van der Waals surface area contributed by atoms with Crippen LogP contribution in [0.2, 0.25) is 0 Å². The van der Waals surface area contributed by atoms with Crippen molar-refractivity contribution in [3.63, 3.8) is 0 Å². The quantitative estimate of drug-likeness (QED) is 0.804. The van der Waals surface area contributed by atoms with E-state index in [4.69, 9.17) is 10.5 Å². The maximum atomic E-state index is 5.79. The van der Waals surface area contributed by atoms with Crippen LogP contribution in [-0.4, -0.2) is 13.7 Å². The topological polar surface area (TPSA) is 35.2 Å². The Balaban J connectivity index is 2.40. The van der Waals surface area contributed by atoms with Crippen LogP contribution in [0, 0.1) is 5.92 Å². The molecule has 2 heteroatoms. The molecule has 2 N–H and O–H groups in total. The number of methoxy groups -OCH3 is 1. The monoisotopic (exact) mass is 205 g/mol. The van der Waals surface area contributed by atoms with Crippen molar-refractivity contribution < 1.29 is 4.74 Å². The molecular weight excluding hydrogens is 186 g/mol. The second kappa shape index (κ2) is 4.23. The summed E-state index contributed by atoms with van der Waals surface area (Å²) in [5.41, 5.74) is 8.60. The van der Waals surface area contributed by atoms with Crippen LogP contribution in [-0.2, 0) is 6.42 Å². The number of nitrogens with two attached hydrogens (primary N) is 1. The van der Waals surface area contributed by atoms with Crippen molar-refractivity contribution in [2.75, 3.05) is 13.7 Å². The van der Waals surface area contributed by atoms with E-state index in [1.165, 1.54) is 17.5 Å². The van der Waals surface area contributed by atoms with Crippen molar-refractivity contribution in [3.05, 3.63) is 29.3 Å². The predicted octanol–water partition coefficient (Wildman–Crippen LogP) is 2.32. The van der Waals surface area contributed by atoms with E-state index in [2.05, 4.69) is 19.1 Å². The molecule has 0 heterocycles. The smallest absolute Gasteiger partial charge is 0.122 e. The van der Waals surface area contributed by atoms with Crippen LogP contribution in [0.3, 0.4) is 0 Å². The van der Waals surface area contributed by atoms with Crippen LogP contribution >= 0.6 is 0 Å². The highest BCUT2D eigenvalue weighted by Crippen LogP contribution is 2.39. The Morgan fingerprint density at radius 1 is 1.47 bits per heavy atom. The van der Waals surface area contributed by atoms with Crippen molar-refractivity contribution in [2.24, 2.45) is 11.7 Å². The van der Waals surface area contributed by atoms with Gasteiger partial charge in [-0.2, -0.15) is 0 Å². The summed E-state index contributed by atoms with van der Waals surface area (Å²) in [6.45, 7) is 3.06. The Bertz CT molecular complexity index is 348. The summed E-state index contributed by atoms with van der Waals surface area (Å²) in [7, 11) is 1.75. The van der Waals surface area contributed by atoms with Gasteiger partial charge >= 0.3 is 0 Å². The lowest BCUT2D eigenvalue weighted by Crippen LogP contribution is -2.25. The third-order valence-electron chi connectivity index (χ3n) is 3.65. The van der Waals surface area contributed by atoms with Crippen LogP contribution in [0.5, 0.6) is 5.75 Å². The fraction of sp³-hybridized carbons (Fsp3) is 0.538. The first kappa shape index (κ1) is 10.5. The van der Waals surface area contributed by atoms with Gasteiger partial charge in [-0.25, -0.2) is 0 Å². The molecule has 2 rings (SSSR count). The highest BCUT2D eigenvalue weighted by molar-refractivity contribution is 5.43. The van der Waals surface area contributed by atoms with Crippen molar-refractivity contribution in [2.45, 2.75) is 25.7 Å². The summed E-state index contributed by atoms with van der Waals surface area (Å²) in [6, 6.07) is 6.34. The first-order valence-electron chi connectivity index (χ1n) is 5.63. The molecule has 0 bridgehead atoms. The molecule has 0 aliphatic heterocycles. The van der Waals surface area contributed by atoms with E-state index in [1.54, 1.807) is 7.11 Å². The molecule has 0 saturated heterocycles. The molecule has 1 aromatic carbocycles. The molecule has 1 aromatic rings. The van der Waals surface area contributed by atoms with Crippen molar-refractivity contribution >= 4 is 0 Å². The molecule has 1 aliphatic rings. The van der Waals surface area contributed by atoms with Gasteiger partial charge in [-0.3, -0.25) is 0 Å².